The quantitative estimate of drug-likeness (QED) is 0.00987. The van der Waals surface area contributed by atoms with E-state index in [0.29, 0.717) is 147 Å². The number of unbranched alkanes of at least 4 members (excludes halogenated alkanes) is 8. The lowest BCUT2D eigenvalue weighted by Gasteiger charge is -2.28. The Bertz CT molecular complexity index is 3670. The molecule has 0 bridgehead atoms. The van der Waals surface area contributed by atoms with E-state index in [-0.39, 0.29) is 102 Å². The van der Waals surface area contributed by atoms with Crippen LogP contribution in [0.5, 0.6) is 5.75 Å². The highest BCUT2D eigenvalue weighted by Crippen LogP contribution is 2.22. The molecule has 0 radical (unpaired) electrons. The number of carbonyl (C=O) groups is 16. The molecule has 0 heterocycles. The highest BCUT2D eigenvalue weighted by molar-refractivity contribution is 7.99. The molecule has 722 valence electrons. The van der Waals surface area contributed by atoms with Gasteiger partial charge >= 0.3 is 47.8 Å². The van der Waals surface area contributed by atoms with Gasteiger partial charge in [0, 0.05) is 107 Å². The molecule has 8 amide bonds. The summed E-state index contributed by atoms with van der Waals surface area (Å²) in [5.41, 5.74) is 3.77. The van der Waals surface area contributed by atoms with Gasteiger partial charge in [-0.05, 0) is 225 Å². The summed E-state index contributed by atoms with van der Waals surface area (Å²) in [5, 5.41) is 21.3. The summed E-state index contributed by atoms with van der Waals surface area (Å²) in [6.45, 7) is 73.8. The molecule has 0 aliphatic heterocycles. The zero-order valence-corrected chi connectivity index (χ0v) is 78.5. The molecular weight excluding hydrogens is 1700 g/mol. The maximum atomic E-state index is 11.3. The van der Waals surface area contributed by atoms with Gasteiger partial charge in [-0.15, -0.1) is 0 Å². The lowest BCUT2D eigenvalue weighted by Crippen LogP contribution is -2.38. The second-order valence-corrected chi connectivity index (χ2v) is 28.9. The third-order valence-corrected chi connectivity index (χ3v) is 16.3. The molecule has 2 rings (SSSR count). The van der Waals surface area contributed by atoms with Gasteiger partial charge in [-0.1, -0.05) is 112 Å². The van der Waals surface area contributed by atoms with E-state index in [1.165, 1.54) is 48.6 Å². The van der Waals surface area contributed by atoms with Crippen molar-refractivity contribution in [1.82, 2.24) is 37.2 Å². The molecule has 130 heavy (non-hydrogen) atoms. The predicted molar refractivity (Wildman–Crippen MR) is 508 cm³/mol. The van der Waals surface area contributed by atoms with Crippen LogP contribution in [0.2, 0.25) is 0 Å². The Morgan fingerprint density at radius 1 is 0.300 bits per heavy atom. The maximum Gasteiger partial charge on any atom is 0.338 e. The lowest BCUT2D eigenvalue weighted by atomic mass is 9.93. The van der Waals surface area contributed by atoms with Crippen LogP contribution in [0.4, 0.5) is 5.69 Å². The van der Waals surface area contributed by atoms with Crippen LogP contribution in [0, 0.1) is 0 Å². The van der Waals surface area contributed by atoms with Crippen LogP contribution >= 0.6 is 11.8 Å². The number of anilines is 1. The molecule has 0 aromatic heterocycles. The van der Waals surface area contributed by atoms with Crippen molar-refractivity contribution < 1.29 is 119 Å². The lowest BCUT2D eigenvalue weighted by molar-refractivity contribution is -0.146. The van der Waals surface area contributed by atoms with Gasteiger partial charge in [0.05, 0.1) is 39.6 Å². The molecule has 1 aromatic carbocycles. The largest absolute Gasteiger partial charge is 0.462 e. The molecule has 1 aliphatic rings. The molecular formula is C96H142N8O25S. The highest BCUT2D eigenvalue weighted by Gasteiger charge is 2.25. The number of esters is 8. The van der Waals surface area contributed by atoms with Crippen LogP contribution in [-0.2, 0) is 115 Å². The number of rotatable bonds is 56. The van der Waals surface area contributed by atoms with Crippen molar-refractivity contribution in [2.24, 2.45) is 0 Å². The number of hydrogen-bond acceptors (Lipinski definition) is 26. The summed E-state index contributed by atoms with van der Waals surface area (Å²) in [4.78, 5) is 175. The zero-order valence-electron chi connectivity index (χ0n) is 77.6. The molecule has 1 aromatic rings. The van der Waals surface area contributed by atoms with Crippen molar-refractivity contribution in [1.29, 1.82) is 0 Å². The number of benzene rings is 1. The number of hydrogen-bond donors (Lipinski definition) is 8. The smallest absolute Gasteiger partial charge is 0.338 e. The average molecular weight is 1840 g/mol. The Morgan fingerprint density at radius 2 is 0.585 bits per heavy atom. The minimum Gasteiger partial charge on any atom is -0.462 e. The van der Waals surface area contributed by atoms with E-state index >= 15 is 0 Å². The minimum absolute atomic E-state index is 0.0453. The third kappa shape index (κ3) is 87.0. The van der Waals surface area contributed by atoms with E-state index < -0.39 is 11.9 Å². The van der Waals surface area contributed by atoms with Crippen LogP contribution < -0.4 is 47.3 Å². The standard InChI is InChI=1S/C13H19NO3.C13H13NO3.C13H21NO3.2C12H19NO3.C11H17NO4.C11H17NO3S.C11H17NO3/c2*1-4-12(15)14-10-5-7-11(8-6-10)17-13(16)9(2)3;1-4-12(15)14-9-7-5-6-8-10-17-13(16)11(2)3;2*1-4-11(14)13-8-6-5-7-9-16-12(15)10(2)3;1-4-10(13)12-5-6-15-7-8-16-11(14)9(2)3;1-4-10(13)12-5-7-16-8-6-15-11(14)9(2)3;1-4-10(13)12-7-5-6-8-15-11(14)9(2)3/h4,10-11H,1-2,5-8H2,3H3,(H,14,15);4-8H,1-2H2,3H3,(H,14,15);4H,1-2,5-10H2,3H3,(H,14,15);2*4H,1-2,5-9H2,3H3,(H,13,14);2*4H,1-2,5-8H2,3H3,(H,12,13);4H,1-2,5-8H2,3H3,(H,12,13). The molecule has 34 heteroatoms. The first-order valence-corrected chi connectivity index (χ1v) is 42.9. The number of ether oxygens (including phenoxy) is 9. The van der Waals surface area contributed by atoms with Crippen molar-refractivity contribution in [3.8, 4) is 5.75 Å². The molecule has 1 fully saturated rings. The molecule has 8 N–H and O–H groups in total. The number of thioether (sulfide) groups is 1. The molecule has 1 aliphatic carbocycles. The van der Waals surface area contributed by atoms with Gasteiger partial charge in [0.1, 0.15) is 25.1 Å². The number of carbonyl (C=O) groups excluding carboxylic acids is 16. The number of amides is 8. The Hall–Kier alpha value is -13.1. The zero-order chi connectivity index (χ0) is 100. The fourth-order valence-electron chi connectivity index (χ4n) is 8.21. The molecule has 0 saturated heterocycles. The highest BCUT2D eigenvalue weighted by atomic mass is 32.2. The molecule has 0 spiro atoms. The normalized spacial score (nSPS) is 11.2. The Morgan fingerprint density at radius 3 is 0.915 bits per heavy atom. The Balaban J connectivity index is -0.000000338. The predicted octanol–water partition coefficient (Wildman–Crippen LogP) is 11.9. The molecule has 0 atom stereocenters. The van der Waals surface area contributed by atoms with E-state index in [4.69, 9.17) is 42.6 Å². The summed E-state index contributed by atoms with van der Waals surface area (Å²) in [6, 6.07) is 6.59. The van der Waals surface area contributed by atoms with E-state index in [1.54, 1.807) is 91.4 Å². The summed E-state index contributed by atoms with van der Waals surface area (Å²) in [6.07, 6.45) is 23.4. The Kier molecular flexibility index (Phi) is 85.1. The van der Waals surface area contributed by atoms with Gasteiger partial charge < -0.3 is 85.2 Å². The molecule has 0 unspecified atom stereocenters. The van der Waals surface area contributed by atoms with Crippen molar-refractivity contribution in [3.05, 3.63) is 223 Å². The number of nitrogens with one attached hydrogen (secondary N) is 8. The monoisotopic (exact) mass is 1840 g/mol. The van der Waals surface area contributed by atoms with Crippen molar-refractivity contribution in [3.63, 3.8) is 0 Å². The van der Waals surface area contributed by atoms with Crippen molar-refractivity contribution >= 4 is 112 Å². The van der Waals surface area contributed by atoms with E-state index in [9.17, 15) is 76.7 Å². The first-order valence-electron chi connectivity index (χ1n) is 41.7. The minimum atomic E-state index is -0.479. The molecule has 1 saturated carbocycles. The van der Waals surface area contributed by atoms with Crippen LogP contribution in [0.1, 0.15) is 158 Å². The first kappa shape index (κ1) is 128. The van der Waals surface area contributed by atoms with Gasteiger partial charge in [-0.3, -0.25) is 38.4 Å². The SMILES string of the molecule is C=CC(=O)NC1CCC(OC(=O)C(=C)C)CC1.C=CC(=O)NCCCCCCOC(=O)C(=C)C.C=CC(=O)NCCCCCOC(=O)C(=C)C.C=CC(=O)NCCCCCOC(=O)C(=C)C.C=CC(=O)NCCCCOC(=O)C(=C)C.C=CC(=O)NCCOCCOC(=O)C(=C)C.C=CC(=O)NCCSCCOC(=O)C(=C)C.C=CC(=O)Nc1ccc(OC(=O)C(=C)C)cc1. The van der Waals surface area contributed by atoms with E-state index in [2.05, 4.69) is 148 Å². The fraction of sp³-hybridized carbons (Fsp3) is 0.438. The summed E-state index contributed by atoms with van der Waals surface area (Å²) < 4.78 is 44.7. The van der Waals surface area contributed by atoms with Gasteiger partial charge in [0.2, 0.25) is 47.3 Å². The molecule has 33 nitrogen and oxygen atoms in total. The van der Waals surface area contributed by atoms with Gasteiger partial charge in [0.15, 0.2) is 0 Å². The summed E-state index contributed by atoms with van der Waals surface area (Å²) >= 11 is 1.60. The Labute approximate surface area is 772 Å². The van der Waals surface area contributed by atoms with Gasteiger partial charge in [-0.25, -0.2) is 38.4 Å². The summed E-state index contributed by atoms with van der Waals surface area (Å²) in [7, 11) is 0. The van der Waals surface area contributed by atoms with Crippen LogP contribution in [0.25, 0.3) is 0 Å². The third-order valence-electron chi connectivity index (χ3n) is 15.3. The second-order valence-electron chi connectivity index (χ2n) is 27.7. The topological polar surface area (TPSA) is 452 Å². The van der Waals surface area contributed by atoms with E-state index in [1.807, 2.05) is 0 Å². The van der Waals surface area contributed by atoms with Crippen molar-refractivity contribution in [2.75, 3.05) is 109 Å². The summed E-state index contributed by atoms with van der Waals surface area (Å²) in [5.74, 6) is -2.59. The second kappa shape index (κ2) is 86.6. The first-order chi connectivity index (χ1) is 61.5. The van der Waals surface area contributed by atoms with Crippen LogP contribution in [0.15, 0.2) is 223 Å². The van der Waals surface area contributed by atoms with Gasteiger partial charge in [0.25, 0.3) is 0 Å². The van der Waals surface area contributed by atoms with Crippen molar-refractivity contribution in [2.45, 2.75) is 170 Å². The average Bonchev–Trinajstić information content (AvgIpc) is 0.893. The van der Waals surface area contributed by atoms with Crippen LogP contribution in [-0.4, -0.2) is 211 Å². The van der Waals surface area contributed by atoms with E-state index in [0.717, 1.165) is 108 Å². The van der Waals surface area contributed by atoms with Gasteiger partial charge in [-0.2, -0.15) is 11.8 Å². The maximum absolute atomic E-state index is 11.3. The van der Waals surface area contributed by atoms with Crippen LogP contribution in [0.3, 0.4) is 0 Å². The fourth-order valence-corrected chi connectivity index (χ4v) is 8.86.